The van der Waals surface area contributed by atoms with Crippen molar-refractivity contribution in [2.75, 3.05) is 5.32 Å². The topological polar surface area (TPSA) is 133 Å². The van der Waals surface area contributed by atoms with Crippen LogP contribution in [0.2, 0.25) is 0 Å². The highest BCUT2D eigenvalue weighted by Crippen LogP contribution is 2.28. The molecule has 1 heterocycles. The number of esters is 1. The summed E-state index contributed by atoms with van der Waals surface area (Å²) in [6.45, 7) is 1.69. The standard InChI is InChI=1S/C25H20N4O6/c1-15-12-13-19(20(14-15)29(33)34)26-23(30)22(16-8-4-3-5-9-16)35-25(32)21-17-10-6-7-11-18(17)24(31)28(2)27-21/h3-14,22H,1-2H3,(H,26,30). The largest absolute Gasteiger partial charge is 0.442 e. The van der Waals surface area contributed by atoms with Crippen LogP contribution in [0.4, 0.5) is 11.4 Å². The molecule has 1 aromatic heterocycles. The number of nitrogens with one attached hydrogen (secondary N) is 1. The number of aromatic nitrogens is 2. The zero-order valence-electron chi connectivity index (χ0n) is 18.8. The predicted molar refractivity (Wildman–Crippen MR) is 128 cm³/mol. The highest BCUT2D eigenvalue weighted by molar-refractivity contribution is 6.04. The number of nitro groups is 1. The van der Waals surface area contributed by atoms with Gasteiger partial charge in [0.2, 0.25) is 6.10 Å². The third-order valence-corrected chi connectivity index (χ3v) is 5.32. The van der Waals surface area contributed by atoms with E-state index in [1.54, 1.807) is 67.6 Å². The Morgan fingerprint density at radius 3 is 2.37 bits per heavy atom. The van der Waals surface area contributed by atoms with Gasteiger partial charge in [-0.3, -0.25) is 19.7 Å². The predicted octanol–water partition coefficient (Wildman–Crippen LogP) is 3.69. The second-order valence-electron chi connectivity index (χ2n) is 7.79. The van der Waals surface area contributed by atoms with Crippen molar-refractivity contribution in [3.63, 3.8) is 0 Å². The van der Waals surface area contributed by atoms with Gasteiger partial charge >= 0.3 is 5.97 Å². The molecule has 0 aliphatic carbocycles. The minimum atomic E-state index is -1.44. The monoisotopic (exact) mass is 472 g/mol. The Morgan fingerprint density at radius 2 is 1.69 bits per heavy atom. The van der Waals surface area contributed by atoms with Crippen LogP contribution in [0.5, 0.6) is 0 Å². The lowest BCUT2D eigenvalue weighted by Crippen LogP contribution is -2.28. The average Bonchev–Trinajstić information content (AvgIpc) is 2.86. The Balaban J connectivity index is 1.72. The number of carbonyl (C=O) groups is 2. The number of anilines is 1. The maximum Gasteiger partial charge on any atom is 0.360 e. The molecule has 176 valence electrons. The highest BCUT2D eigenvalue weighted by Gasteiger charge is 2.29. The van der Waals surface area contributed by atoms with Crippen LogP contribution in [0, 0.1) is 17.0 Å². The number of ether oxygens (including phenoxy) is 1. The second kappa shape index (κ2) is 9.56. The Kier molecular flexibility index (Phi) is 6.36. The fraction of sp³-hybridized carbons (Fsp3) is 0.120. The van der Waals surface area contributed by atoms with Crippen molar-refractivity contribution in [1.82, 2.24) is 9.78 Å². The molecular weight excluding hydrogens is 452 g/mol. The molecule has 1 unspecified atom stereocenters. The van der Waals surface area contributed by atoms with E-state index in [4.69, 9.17) is 4.74 Å². The fourth-order valence-corrected chi connectivity index (χ4v) is 3.61. The molecule has 3 aromatic carbocycles. The van der Waals surface area contributed by atoms with Gasteiger partial charge in [0, 0.05) is 24.1 Å². The number of nitrogens with zero attached hydrogens (tertiary/aromatic N) is 3. The molecule has 0 spiro atoms. The van der Waals surface area contributed by atoms with Gasteiger partial charge in [-0.05, 0) is 24.6 Å². The van der Waals surface area contributed by atoms with Crippen LogP contribution in [0.25, 0.3) is 10.8 Å². The summed E-state index contributed by atoms with van der Waals surface area (Å²) in [6, 6.07) is 19.0. The quantitative estimate of drug-likeness (QED) is 0.257. The number of benzene rings is 3. The van der Waals surface area contributed by atoms with Gasteiger partial charge in [0.1, 0.15) is 5.69 Å². The van der Waals surface area contributed by atoms with E-state index in [1.165, 1.54) is 19.2 Å². The van der Waals surface area contributed by atoms with Gasteiger partial charge in [-0.2, -0.15) is 5.10 Å². The zero-order chi connectivity index (χ0) is 25.1. The molecule has 4 rings (SSSR count). The smallest absolute Gasteiger partial charge is 0.360 e. The first-order valence-corrected chi connectivity index (χ1v) is 10.5. The van der Waals surface area contributed by atoms with Crippen molar-refractivity contribution in [3.8, 4) is 0 Å². The fourth-order valence-electron chi connectivity index (χ4n) is 3.61. The van der Waals surface area contributed by atoms with Crippen LogP contribution in [0.1, 0.15) is 27.7 Å². The van der Waals surface area contributed by atoms with E-state index in [1.807, 2.05) is 0 Å². The van der Waals surface area contributed by atoms with Gasteiger partial charge < -0.3 is 10.1 Å². The van der Waals surface area contributed by atoms with Crippen molar-refractivity contribution >= 4 is 34.0 Å². The molecule has 1 atom stereocenters. The molecule has 0 aliphatic rings. The number of rotatable bonds is 6. The van der Waals surface area contributed by atoms with Crippen LogP contribution in [-0.2, 0) is 16.6 Å². The third kappa shape index (κ3) is 4.76. The number of hydrogen-bond donors (Lipinski definition) is 1. The summed E-state index contributed by atoms with van der Waals surface area (Å²) in [6.07, 6.45) is -1.44. The van der Waals surface area contributed by atoms with E-state index in [-0.39, 0.29) is 33.4 Å². The Morgan fingerprint density at radius 1 is 1.03 bits per heavy atom. The van der Waals surface area contributed by atoms with Crippen LogP contribution >= 0.6 is 0 Å². The molecule has 1 amide bonds. The van der Waals surface area contributed by atoms with Gasteiger partial charge in [0.05, 0.1) is 10.3 Å². The van der Waals surface area contributed by atoms with Crippen molar-refractivity contribution in [2.45, 2.75) is 13.0 Å². The summed E-state index contributed by atoms with van der Waals surface area (Å²) >= 11 is 0. The Labute approximate surface area is 198 Å². The third-order valence-electron chi connectivity index (χ3n) is 5.32. The summed E-state index contributed by atoms with van der Waals surface area (Å²) in [5.74, 6) is -1.72. The molecule has 0 fully saturated rings. The average molecular weight is 472 g/mol. The van der Waals surface area contributed by atoms with Crippen LogP contribution in [0.3, 0.4) is 0 Å². The lowest BCUT2D eigenvalue weighted by atomic mass is 10.1. The van der Waals surface area contributed by atoms with Gasteiger partial charge in [-0.25, -0.2) is 9.48 Å². The molecule has 35 heavy (non-hydrogen) atoms. The van der Waals surface area contributed by atoms with E-state index in [9.17, 15) is 24.5 Å². The highest BCUT2D eigenvalue weighted by atomic mass is 16.6. The lowest BCUT2D eigenvalue weighted by Gasteiger charge is -2.18. The molecule has 10 heteroatoms. The molecule has 0 aliphatic heterocycles. The Hall–Kier alpha value is -4.86. The number of amides is 1. The van der Waals surface area contributed by atoms with Gasteiger partial charge in [-0.1, -0.05) is 54.6 Å². The maximum atomic E-state index is 13.2. The van der Waals surface area contributed by atoms with E-state index in [0.717, 1.165) is 4.68 Å². The number of nitro benzene ring substituents is 1. The summed E-state index contributed by atoms with van der Waals surface area (Å²) in [5.41, 5.74) is 0.144. The van der Waals surface area contributed by atoms with E-state index in [2.05, 4.69) is 10.4 Å². The van der Waals surface area contributed by atoms with Crippen LogP contribution in [0.15, 0.2) is 77.6 Å². The van der Waals surface area contributed by atoms with Crippen molar-refractivity contribution in [1.29, 1.82) is 0 Å². The summed E-state index contributed by atoms with van der Waals surface area (Å²) < 4.78 is 6.60. The number of aryl methyl sites for hydroxylation is 2. The molecule has 0 saturated heterocycles. The van der Waals surface area contributed by atoms with E-state index >= 15 is 0 Å². The Bertz CT molecular complexity index is 1510. The molecule has 0 bridgehead atoms. The minimum Gasteiger partial charge on any atom is -0.442 e. The normalized spacial score (nSPS) is 11.6. The molecule has 1 N–H and O–H groups in total. The maximum absolute atomic E-state index is 13.2. The summed E-state index contributed by atoms with van der Waals surface area (Å²) in [4.78, 5) is 49.7. The lowest BCUT2D eigenvalue weighted by molar-refractivity contribution is -0.384. The van der Waals surface area contributed by atoms with Gasteiger partial charge in [-0.15, -0.1) is 0 Å². The molecular formula is C25H20N4O6. The minimum absolute atomic E-state index is 0.0340. The van der Waals surface area contributed by atoms with Crippen molar-refractivity contribution < 1.29 is 19.2 Å². The number of fused-ring (bicyclic) bond motifs is 1. The van der Waals surface area contributed by atoms with Crippen molar-refractivity contribution in [3.05, 3.63) is 110 Å². The van der Waals surface area contributed by atoms with E-state index < -0.39 is 22.9 Å². The molecule has 0 saturated carbocycles. The first kappa shape index (κ1) is 23.3. The number of hydrogen-bond acceptors (Lipinski definition) is 7. The van der Waals surface area contributed by atoms with Gasteiger partial charge in [0.15, 0.2) is 5.69 Å². The summed E-state index contributed by atoms with van der Waals surface area (Å²) in [7, 11) is 1.41. The summed E-state index contributed by atoms with van der Waals surface area (Å²) in [5, 5.41) is 18.6. The van der Waals surface area contributed by atoms with Gasteiger partial charge in [0.25, 0.3) is 17.2 Å². The molecule has 4 aromatic rings. The first-order valence-electron chi connectivity index (χ1n) is 10.5. The molecule has 10 nitrogen and oxygen atoms in total. The zero-order valence-corrected chi connectivity index (χ0v) is 18.8. The van der Waals surface area contributed by atoms with Crippen LogP contribution < -0.4 is 10.9 Å². The second-order valence-corrected chi connectivity index (χ2v) is 7.79. The first-order chi connectivity index (χ1) is 16.8. The molecule has 0 radical (unpaired) electrons. The van der Waals surface area contributed by atoms with Crippen LogP contribution in [-0.4, -0.2) is 26.6 Å². The van der Waals surface area contributed by atoms with Crippen molar-refractivity contribution in [2.24, 2.45) is 7.05 Å². The van der Waals surface area contributed by atoms with E-state index in [0.29, 0.717) is 11.1 Å². The number of carbonyl (C=O) groups excluding carboxylic acids is 2. The SMILES string of the molecule is Cc1ccc(NC(=O)C(OC(=O)c2nn(C)c(=O)c3ccccc23)c2ccccc2)c([N+](=O)[O-])c1.